The van der Waals surface area contributed by atoms with E-state index in [0.29, 0.717) is 18.5 Å². The van der Waals surface area contributed by atoms with E-state index in [-0.39, 0.29) is 6.10 Å². The minimum atomic E-state index is -0.239. The van der Waals surface area contributed by atoms with Crippen LogP contribution in [0.15, 0.2) is 17.5 Å². The van der Waals surface area contributed by atoms with Gasteiger partial charge in [0.25, 0.3) is 0 Å². The predicted molar refractivity (Wildman–Crippen MR) is 70.9 cm³/mol. The zero-order valence-electron chi connectivity index (χ0n) is 10.4. The molecule has 0 aromatic carbocycles. The molecule has 1 heterocycles. The zero-order chi connectivity index (χ0) is 12.0. The Kier molecular flexibility index (Phi) is 6.03. The summed E-state index contributed by atoms with van der Waals surface area (Å²) < 4.78 is 0. The van der Waals surface area contributed by atoms with Crippen molar-refractivity contribution in [2.75, 3.05) is 6.54 Å². The van der Waals surface area contributed by atoms with Crippen molar-refractivity contribution in [3.8, 4) is 0 Å². The second kappa shape index (κ2) is 7.05. The van der Waals surface area contributed by atoms with Gasteiger partial charge in [0.05, 0.1) is 6.10 Å². The highest BCUT2D eigenvalue weighted by molar-refractivity contribution is 7.09. The SMILES string of the molecule is CCC(Cc1cccs1)NCC(O)C(C)C. The molecule has 0 amide bonds. The van der Waals surface area contributed by atoms with Crippen LogP contribution < -0.4 is 5.32 Å². The standard InChI is InChI=1S/C13H23NOS/c1-4-11(8-12-6-5-7-16-12)14-9-13(15)10(2)3/h5-7,10-11,13-15H,4,8-9H2,1-3H3. The Morgan fingerprint density at radius 2 is 2.19 bits per heavy atom. The van der Waals surface area contributed by atoms with Crippen molar-refractivity contribution in [1.82, 2.24) is 5.32 Å². The summed E-state index contributed by atoms with van der Waals surface area (Å²) in [6, 6.07) is 4.75. The summed E-state index contributed by atoms with van der Waals surface area (Å²) in [5, 5.41) is 15.3. The van der Waals surface area contributed by atoms with E-state index in [0.717, 1.165) is 12.8 Å². The number of nitrogens with one attached hydrogen (secondary N) is 1. The van der Waals surface area contributed by atoms with Crippen molar-refractivity contribution in [3.63, 3.8) is 0 Å². The number of aliphatic hydroxyl groups is 1. The Morgan fingerprint density at radius 3 is 2.69 bits per heavy atom. The number of aliphatic hydroxyl groups excluding tert-OH is 1. The van der Waals surface area contributed by atoms with E-state index in [1.807, 2.05) is 13.8 Å². The predicted octanol–water partition coefficient (Wildman–Crippen LogP) is 2.68. The molecule has 2 atom stereocenters. The van der Waals surface area contributed by atoms with Gasteiger partial charge < -0.3 is 10.4 Å². The first kappa shape index (κ1) is 13.7. The average molecular weight is 241 g/mol. The van der Waals surface area contributed by atoms with Crippen molar-refractivity contribution in [2.24, 2.45) is 5.92 Å². The lowest BCUT2D eigenvalue weighted by molar-refractivity contribution is 0.119. The minimum Gasteiger partial charge on any atom is -0.392 e. The Labute approximate surface area is 103 Å². The Bertz CT molecular complexity index is 271. The van der Waals surface area contributed by atoms with Crippen LogP contribution in [0.3, 0.4) is 0 Å². The fourth-order valence-electron chi connectivity index (χ4n) is 1.56. The van der Waals surface area contributed by atoms with Gasteiger partial charge in [-0.15, -0.1) is 11.3 Å². The normalized spacial score (nSPS) is 15.3. The second-order valence-electron chi connectivity index (χ2n) is 4.61. The number of thiophene rings is 1. The maximum Gasteiger partial charge on any atom is 0.0687 e. The molecule has 1 aromatic heterocycles. The second-order valence-corrected chi connectivity index (χ2v) is 5.64. The highest BCUT2D eigenvalue weighted by atomic mass is 32.1. The summed E-state index contributed by atoms with van der Waals surface area (Å²) in [6.45, 7) is 6.98. The minimum absolute atomic E-state index is 0.239. The highest BCUT2D eigenvalue weighted by Crippen LogP contribution is 2.12. The Morgan fingerprint density at radius 1 is 1.44 bits per heavy atom. The Hall–Kier alpha value is -0.380. The van der Waals surface area contributed by atoms with E-state index < -0.39 is 0 Å². The zero-order valence-corrected chi connectivity index (χ0v) is 11.3. The topological polar surface area (TPSA) is 32.3 Å². The molecule has 0 spiro atoms. The summed E-state index contributed by atoms with van der Waals surface area (Å²) in [5.74, 6) is 0.326. The maximum atomic E-state index is 9.74. The first-order valence-corrected chi connectivity index (χ1v) is 6.95. The molecule has 0 saturated carbocycles. The van der Waals surface area contributed by atoms with Gasteiger partial charge >= 0.3 is 0 Å². The van der Waals surface area contributed by atoms with E-state index in [4.69, 9.17) is 0 Å². The van der Waals surface area contributed by atoms with Crippen LogP contribution in [0.1, 0.15) is 32.1 Å². The number of hydrogen-bond donors (Lipinski definition) is 2. The first-order valence-electron chi connectivity index (χ1n) is 6.07. The molecule has 2 nitrogen and oxygen atoms in total. The van der Waals surface area contributed by atoms with Crippen LogP contribution in [0, 0.1) is 5.92 Å². The summed E-state index contributed by atoms with van der Waals surface area (Å²) in [4.78, 5) is 1.42. The van der Waals surface area contributed by atoms with Crippen LogP contribution in [0.4, 0.5) is 0 Å². The third kappa shape index (κ3) is 4.64. The van der Waals surface area contributed by atoms with Crippen LogP contribution in [-0.4, -0.2) is 23.8 Å². The smallest absolute Gasteiger partial charge is 0.0687 e. The average Bonchev–Trinajstić information content (AvgIpc) is 2.76. The molecule has 0 aliphatic rings. The van der Waals surface area contributed by atoms with Gasteiger partial charge in [0.2, 0.25) is 0 Å². The molecule has 92 valence electrons. The van der Waals surface area contributed by atoms with Gasteiger partial charge in [0, 0.05) is 17.5 Å². The molecular weight excluding hydrogens is 218 g/mol. The van der Waals surface area contributed by atoms with Crippen molar-refractivity contribution < 1.29 is 5.11 Å². The van der Waals surface area contributed by atoms with Gasteiger partial charge in [0.15, 0.2) is 0 Å². The summed E-state index contributed by atoms with van der Waals surface area (Å²) in [7, 11) is 0. The fourth-order valence-corrected chi connectivity index (χ4v) is 2.34. The third-order valence-electron chi connectivity index (χ3n) is 2.91. The summed E-state index contributed by atoms with van der Waals surface area (Å²) in [6.07, 6.45) is 1.93. The molecular formula is C13H23NOS. The number of rotatable bonds is 7. The van der Waals surface area contributed by atoms with Crippen LogP contribution in [-0.2, 0) is 6.42 Å². The van der Waals surface area contributed by atoms with E-state index in [1.54, 1.807) is 11.3 Å². The summed E-state index contributed by atoms with van der Waals surface area (Å²) in [5.41, 5.74) is 0. The molecule has 3 heteroatoms. The molecule has 0 bridgehead atoms. The van der Waals surface area contributed by atoms with Crippen LogP contribution in [0.25, 0.3) is 0 Å². The Balaban J connectivity index is 2.32. The van der Waals surface area contributed by atoms with Crippen LogP contribution in [0.2, 0.25) is 0 Å². The lowest BCUT2D eigenvalue weighted by Crippen LogP contribution is -2.38. The maximum absolute atomic E-state index is 9.74. The van der Waals surface area contributed by atoms with E-state index in [1.165, 1.54) is 4.88 Å². The first-order chi connectivity index (χ1) is 7.63. The molecule has 0 fully saturated rings. The quantitative estimate of drug-likeness (QED) is 0.769. The third-order valence-corrected chi connectivity index (χ3v) is 3.80. The molecule has 0 saturated heterocycles. The van der Waals surface area contributed by atoms with Crippen molar-refractivity contribution >= 4 is 11.3 Å². The van der Waals surface area contributed by atoms with Crippen molar-refractivity contribution in [3.05, 3.63) is 22.4 Å². The number of hydrogen-bond acceptors (Lipinski definition) is 3. The van der Waals surface area contributed by atoms with Gasteiger partial charge in [0.1, 0.15) is 0 Å². The summed E-state index contributed by atoms with van der Waals surface area (Å²) >= 11 is 1.80. The molecule has 1 aromatic rings. The van der Waals surface area contributed by atoms with Gasteiger partial charge in [-0.05, 0) is 30.2 Å². The molecule has 16 heavy (non-hydrogen) atoms. The molecule has 2 unspecified atom stereocenters. The van der Waals surface area contributed by atoms with Crippen molar-refractivity contribution in [1.29, 1.82) is 0 Å². The van der Waals surface area contributed by atoms with Crippen LogP contribution in [0.5, 0.6) is 0 Å². The monoisotopic (exact) mass is 241 g/mol. The lowest BCUT2D eigenvalue weighted by atomic mass is 10.1. The molecule has 0 aliphatic heterocycles. The molecule has 2 N–H and O–H groups in total. The van der Waals surface area contributed by atoms with Gasteiger partial charge in [-0.3, -0.25) is 0 Å². The van der Waals surface area contributed by atoms with Gasteiger partial charge in [-0.25, -0.2) is 0 Å². The molecule has 1 rings (SSSR count). The van der Waals surface area contributed by atoms with Crippen LogP contribution >= 0.6 is 11.3 Å². The molecule has 0 aliphatic carbocycles. The van der Waals surface area contributed by atoms with Crippen molar-refractivity contribution in [2.45, 2.75) is 45.8 Å². The van der Waals surface area contributed by atoms with Gasteiger partial charge in [-0.2, -0.15) is 0 Å². The lowest BCUT2D eigenvalue weighted by Gasteiger charge is -2.20. The largest absolute Gasteiger partial charge is 0.392 e. The van der Waals surface area contributed by atoms with Gasteiger partial charge in [-0.1, -0.05) is 26.8 Å². The van der Waals surface area contributed by atoms with E-state index in [9.17, 15) is 5.11 Å². The molecule has 0 radical (unpaired) electrons. The van der Waals surface area contributed by atoms with E-state index in [2.05, 4.69) is 29.8 Å². The highest BCUT2D eigenvalue weighted by Gasteiger charge is 2.12. The fraction of sp³-hybridized carbons (Fsp3) is 0.692. The van der Waals surface area contributed by atoms with E-state index >= 15 is 0 Å².